The third kappa shape index (κ3) is 4.35. The maximum absolute atomic E-state index is 13.6. The van der Waals surface area contributed by atoms with Crippen LogP contribution in [-0.2, 0) is 4.79 Å². The minimum absolute atomic E-state index is 0.0720. The zero-order chi connectivity index (χ0) is 20.9. The van der Waals surface area contributed by atoms with Crippen molar-refractivity contribution < 1.29 is 14.0 Å². The zero-order valence-corrected chi connectivity index (χ0v) is 16.9. The molecule has 1 aromatic carbocycles. The summed E-state index contributed by atoms with van der Waals surface area (Å²) in [5, 5.41) is 8.47. The molecule has 0 radical (unpaired) electrons. The molecule has 0 bridgehead atoms. The van der Waals surface area contributed by atoms with Crippen LogP contribution in [0, 0.1) is 5.82 Å². The molecule has 0 aliphatic heterocycles. The van der Waals surface area contributed by atoms with Gasteiger partial charge >= 0.3 is 0 Å². The average molecular weight is 425 g/mol. The lowest BCUT2D eigenvalue weighted by molar-refractivity contribution is -0.123. The molecule has 1 atom stereocenters. The molecule has 1 saturated carbocycles. The number of anilines is 1. The minimum Gasteiger partial charge on any atom is -0.351 e. The molecule has 1 aliphatic rings. The molecule has 0 spiro atoms. The van der Waals surface area contributed by atoms with Gasteiger partial charge in [-0.2, -0.15) is 0 Å². The van der Waals surface area contributed by atoms with Crippen LogP contribution in [0.1, 0.15) is 47.8 Å². The summed E-state index contributed by atoms with van der Waals surface area (Å²) < 4.78 is 17.3. The summed E-state index contributed by atoms with van der Waals surface area (Å²) >= 11 is 1.04. The molecule has 1 aliphatic carbocycles. The Bertz CT molecular complexity index is 992. The smallest absolute Gasteiger partial charge is 0.280 e. The highest BCUT2D eigenvalue weighted by Gasteiger charge is 2.35. The molecular formula is C21H20FN5O2S. The van der Waals surface area contributed by atoms with Gasteiger partial charge in [-0.1, -0.05) is 23.4 Å². The summed E-state index contributed by atoms with van der Waals surface area (Å²) in [7, 11) is 0. The van der Waals surface area contributed by atoms with Gasteiger partial charge in [-0.05, 0) is 54.7 Å². The van der Waals surface area contributed by atoms with E-state index in [0.29, 0.717) is 11.3 Å². The second-order valence-corrected chi connectivity index (χ2v) is 7.73. The third-order valence-electron chi connectivity index (χ3n) is 5.11. The van der Waals surface area contributed by atoms with Gasteiger partial charge in [-0.15, -0.1) is 5.10 Å². The molecule has 2 aromatic heterocycles. The van der Waals surface area contributed by atoms with Crippen molar-refractivity contribution in [3.63, 3.8) is 0 Å². The Morgan fingerprint density at radius 3 is 2.57 bits per heavy atom. The number of halogens is 1. The maximum atomic E-state index is 13.6. The van der Waals surface area contributed by atoms with Crippen LogP contribution in [0.25, 0.3) is 0 Å². The minimum atomic E-state index is -0.987. The topological polar surface area (TPSA) is 88.1 Å². The molecule has 9 heteroatoms. The van der Waals surface area contributed by atoms with Gasteiger partial charge in [-0.3, -0.25) is 19.5 Å². The van der Waals surface area contributed by atoms with Crippen LogP contribution >= 0.6 is 11.5 Å². The van der Waals surface area contributed by atoms with Crippen LogP contribution < -0.4 is 10.2 Å². The standard InChI is InChI=1S/C21H20FN5O2S/c22-15-7-9-17(10-8-15)27(21(29)18-13-30-26-25-18)19(14-4-3-11-23-12-14)20(28)24-16-5-1-2-6-16/h3-4,7-13,16,19H,1-2,5-6H2,(H,24,28)/t19-/m0/s1. The molecule has 0 saturated heterocycles. The first-order chi connectivity index (χ1) is 14.6. The fourth-order valence-corrected chi connectivity index (χ4v) is 4.10. The Hall–Kier alpha value is -3.20. The van der Waals surface area contributed by atoms with E-state index >= 15 is 0 Å². The fourth-order valence-electron chi connectivity index (χ4n) is 3.67. The summed E-state index contributed by atoms with van der Waals surface area (Å²) in [6.07, 6.45) is 7.10. The van der Waals surface area contributed by atoms with E-state index < -0.39 is 17.8 Å². The van der Waals surface area contributed by atoms with Crippen LogP contribution in [0.2, 0.25) is 0 Å². The number of carbonyl (C=O) groups is 2. The fraction of sp³-hybridized carbons (Fsp3) is 0.286. The summed E-state index contributed by atoms with van der Waals surface area (Å²) in [5.74, 6) is -1.24. The zero-order valence-electron chi connectivity index (χ0n) is 16.1. The summed E-state index contributed by atoms with van der Waals surface area (Å²) in [5.41, 5.74) is 1.05. The van der Waals surface area contributed by atoms with E-state index in [-0.39, 0.29) is 17.6 Å². The van der Waals surface area contributed by atoms with Gasteiger partial charge in [0.2, 0.25) is 5.91 Å². The maximum Gasteiger partial charge on any atom is 0.280 e. The number of hydrogen-bond donors (Lipinski definition) is 1. The largest absolute Gasteiger partial charge is 0.351 e. The van der Waals surface area contributed by atoms with Crippen molar-refractivity contribution in [1.82, 2.24) is 19.9 Å². The molecule has 1 fully saturated rings. The predicted molar refractivity (Wildman–Crippen MR) is 110 cm³/mol. The Kier molecular flexibility index (Phi) is 6.08. The van der Waals surface area contributed by atoms with Crippen LogP contribution in [0.5, 0.6) is 0 Å². The number of benzene rings is 1. The van der Waals surface area contributed by atoms with Gasteiger partial charge < -0.3 is 5.32 Å². The molecular weight excluding hydrogens is 405 g/mol. The molecule has 2 amide bonds. The molecule has 2 heterocycles. The molecule has 1 N–H and O–H groups in total. The molecule has 7 nitrogen and oxygen atoms in total. The molecule has 0 unspecified atom stereocenters. The second kappa shape index (κ2) is 9.08. The van der Waals surface area contributed by atoms with E-state index in [0.717, 1.165) is 37.2 Å². The first-order valence-electron chi connectivity index (χ1n) is 9.70. The van der Waals surface area contributed by atoms with Gasteiger partial charge in [-0.25, -0.2) is 4.39 Å². The Balaban J connectivity index is 1.78. The lowest BCUT2D eigenvalue weighted by atomic mass is 10.0. The highest BCUT2D eigenvalue weighted by Crippen LogP contribution is 2.30. The van der Waals surface area contributed by atoms with Crippen molar-refractivity contribution >= 4 is 29.0 Å². The van der Waals surface area contributed by atoms with Crippen molar-refractivity contribution in [3.05, 3.63) is 71.2 Å². The van der Waals surface area contributed by atoms with Crippen LogP contribution in [0.4, 0.5) is 10.1 Å². The highest BCUT2D eigenvalue weighted by molar-refractivity contribution is 7.03. The summed E-state index contributed by atoms with van der Waals surface area (Å²) in [6, 6.07) is 7.99. The molecule has 30 heavy (non-hydrogen) atoms. The first kappa shape index (κ1) is 20.1. The average Bonchev–Trinajstić information content (AvgIpc) is 3.47. The van der Waals surface area contributed by atoms with Crippen LogP contribution in [-0.4, -0.2) is 32.4 Å². The number of carbonyl (C=O) groups excluding carboxylic acids is 2. The SMILES string of the molecule is O=C(NC1CCCC1)[C@H](c1cccnc1)N(C(=O)c1csnn1)c1ccc(F)cc1. The van der Waals surface area contributed by atoms with Crippen LogP contribution in [0.3, 0.4) is 0 Å². The Labute approximate surface area is 177 Å². The van der Waals surface area contributed by atoms with Crippen LogP contribution in [0.15, 0.2) is 54.2 Å². The lowest BCUT2D eigenvalue weighted by Gasteiger charge is -2.31. The number of aromatic nitrogens is 3. The van der Waals surface area contributed by atoms with E-state index in [1.165, 1.54) is 34.5 Å². The monoisotopic (exact) mass is 425 g/mol. The van der Waals surface area contributed by atoms with Crippen molar-refractivity contribution in [1.29, 1.82) is 0 Å². The summed E-state index contributed by atoms with van der Waals surface area (Å²) in [4.78, 5) is 32.3. The van der Waals surface area contributed by atoms with Crippen molar-refractivity contribution in [2.24, 2.45) is 0 Å². The van der Waals surface area contributed by atoms with Gasteiger partial charge in [0, 0.05) is 35.1 Å². The number of nitrogens with zero attached hydrogens (tertiary/aromatic N) is 4. The first-order valence-corrected chi connectivity index (χ1v) is 10.5. The van der Waals surface area contributed by atoms with Crippen molar-refractivity contribution in [2.75, 3.05) is 4.90 Å². The van der Waals surface area contributed by atoms with Gasteiger partial charge in [0.25, 0.3) is 5.91 Å². The van der Waals surface area contributed by atoms with E-state index in [1.54, 1.807) is 24.5 Å². The van der Waals surface area contributed by atoms with Gasteiger partial charge in [0.1, 0.15) is 11.9 Å². The number of pyridine rings is 1. The van der Waals surface area contributed by atoms with Crippen molar-refractivity contribution in [2.45, 2.75) is 37.8 Å². The molecule has 4 rings (SSSR count). The molecule has 3 aromatic rings. The lowest BCUT2D eigenvalue weighted by Crippen LogP contribution is -2.46. The van der Waals surface area contributed by atoms with Crippen molar-refractivity contribution in [3.8, 4) is 0 Å². The van der Waals surface area contributed by atoms with Gasteiger partial charge in [0.15, 0.2) is 5.69 Å². The number of nitrogens with one attached hydrogen (secondary N) is 1. The Morgan fingerprint density at radius 1 is 1.17 bits per heavy atom. The van der Waals surface area contributed by atoms with Gasteiger partial charge in [0.05, 0.1) is 0 Å². The Morgan fingerprint density at radius 2 is 1.93 bits per heavy atom. The van der Waals surface area contributed by atoms with E-state index in [2.05, 4.69) is 19.9 Å². The van der Waals surface area contributed by atoms with E-state index in [1.807, 2.05) is 0 Å². The van der Waals surface area contributed by atoms with E-state index in [4.69, 9.17) is 0 Å². The quantitative estimate of drug-likeness (QED) is 0.653. The normalized spacial score (nSPS) is 15.0. The third-order valence-corrected chi connectivity index (χ3v) is 5.62. The van der Waals surface area contributed by atoms with E-state index in [9.17, 15) is 14.0 Å². The number of hydrogen-bond acceptors (Lipinski definition) is 6. The second-order valence-electron chi connectivity index (χ2n) is 7.12. The molecule has 154 valence electrons. The summed E-state index contributed by atoms with van der Waals surface area (Å²) in [6.45, 7) is 0. The highest BCUT2D eigenvalue weighted by atomic mass is 32.1. The number of amides is 2. The number of rotatable bonds is 6. The predicted octanol–water partition coefficient (Wildman–Crippen LogP) is 3.52.